The molecule has 0 spiro atoms. The summed E-state index contributed by atoms with van der Waals surface area (Å²) in [6.45, 7) is 0. The Morgan fingerprint density at radius 1 is 1.33 bits per heavy atom. The first-order valence-corrected chi connectivity index (χ1v) is 9.47. The second-order valence-electron chi connectivity index (χ2n) is 5.13. The first-order chi connectivity index (χ1) is 11.5. The van der Waals surface area contributed by atoms with E-state index in [-0.39, 0.29) is 11.5 Å². The van der Waals surface area contributed by atoms with Crippen LogP contribution < -0.4 is 11.3 Å². The molecule has 0 aliphatic carbocycles. The third-order valence-corrected chi connectivity index (χ3v) is 5.47. The average molecular weight is 380 g/mol. The Morgan fingerprint density at radius 2 is 2.08 bits per heavy atom. The van der Waals surface area contributed by atoms with E-state index in [1.165, 1.54) is 23.1 Å². The van der Waals surface area contributed by atoms with E-state index in [1.807, 2.05) is 17.5 Å². The van der Waals surface area contributed by atoms with Gasteiger partial charge in [-0.1, -0.05) is 35.5 Å². The van der Waals surface area contributed by atoms with Crippen molar-refractivity contribution in [3.63, 3.8) is 0 Å². The lowest BCUT2D eigenvalue weighted by Crippen LogP contribution is -2.11. The average Bonchev–Trinajstić information content (AvgIpc) is 2.97. The van der Waals surface area contributed by atoms with Gasteiger partial charge in [-0.3, -0.25) is 9.59 Å². The molecule has 5 nitrogen and oxygen atoms in total. The van der Waals surface area contributed by atoms with E-state index in [4.69, 9.17) is 17.3 Å². The highest BCUT2D eigenvalue weighted by Gasteiger charge is 2.13. The van der Waals surface area contributed by atoms with E-state index in [0.29, 0.717) is 39.0 Å². The quantitative estimate of drug-likeness (QED) is 0.388. The van der Waals surface area contributed by atoms with Crippen molar-refractivity contribution < 1.29 is 4.79 Å². The number of aromatic nitrogens is 2. The molecule has 0 bridgehead atoms. The highest BCUT2D eigenvalue weighted by Crippen LogP contribution is 2.32. The van der Waals surface area contributed by atoms with Gasteiger partial charge >= 0.3 is 0 Å². The Bertz CT molecular complexity index is 935. The van der Waals surface area contributed by atoms with Crippen LogP contribution in [0.25, 0.3) is 21.3 Å². The summed E-state index contributed by atoms with van der Waals surface area (Å²) in [4.78, 5) is 31.2. The molecule has 3 aromatic rings. The molecule has 0 aliphatic rings. The van der Waals surface area contributed by atoms with Crippen LogP contribution in [0.2, 0.25) is 5.02 Å². The van der Waals surface area contributed by atoms with Gasteiger partial charge < -0.3 is 10.7 Å². The molecule has 1 amide bonds. The molecular weight excluding hydrogens is 366 g/mol. The molecule has 0 saturated heterocycles. The van der Waals surface area contributed by atoms with Crippen molar-refractivity contribution in [3.8, 4) is 11.1 Å². The summed E-state index contributed by atoms with van der Waals surface area (Å²) in [6, 6.07) is 7.36. The van der Waals surface area contributed by atoms with Crippen molar-refractivity contribution in [3.05, 3.63) is 45.0 Å². The molecule has 0 atom stereocenters. The number of thiophene rings is 1. The highest BCUT2D eigenvalue weighted by molar-refractivity contribution is 7.99. The summed E-state index contributed by atoms with van der Waals surface area (Å²) in [5.41, 5.74) is 6.73. The number of fused-ring (bicyclic) bond motifs is 1. The highest BCUT2D eigenvalue weighted by atomic mass is 35.5. The number of aromatic amines is 1. The van der Waals surface area contributed by atoms with Gasteiger partial charge in [0.05, 0.1) is 5.39 Å². The number of amides is 1. The summed E-state index contributed by atoms with van der Waals surface area (Å²) in [6.07, 6.45) is 0.988. The third-order valence-electron chi connectivity index (χ3n) is 3.38. The number of nitrogens with zero attached hydrogens (tertiary/aromatic N) is 1. The molecule has 0 radical (unpaired) electrons. The van der Waals surface area contributed by atoms with Crippen molar-refractivity contribution in [2.45, 2.75) is 18.0 Å². The molecule has 2 heterocycles. The van der Waals surface area contributed by atoms with E-state index in [9.17, 15) is 9.59 Å². The van der Waals surface area contributed by atoms with Crippen LogP contribution in [0.15, 0.2) is 39.6 Å². The Morgan fingerprint density at radius 3 is 2.79 bits per heavy atom. The fraction of sp³-hybridized carbons (Fsp3) is 0.188. The SMILES string of the molecule is NC(=O)CCCSc1nc2scc(-c3ccc(Cl)cc3)c2c(=O)[nH]1. The summed E-state index contributed by atoms with van der Waals surface area (Å²) >= 11 is 8.76. The lowest BCUT2D eigenvalue weighted by Gasteiger charge is -2.02. The molecule has 2 aromatic heterocycles. The number of carbonyl (C=O) groups excluding carboxylic acids is 1. The minimum atomic E-state index is -0.321. The number of thioether (sulfide) groups is 1. The lowest BCUT2D eigenvalue weighted by atomic mass is 10.1. The molecule has 0 aliphatic heterocycles. The van der Waals surface area contributed by atoms with Crippen LogP contribution in [0, 0.1) is 0 Å². The Labute approximate surface area is 151 Å². The first-order valence-electron chi connectivity index (χ1n) is 7.23. The van der Waals surface area contributed by atoms with Crippen LogP contribution in [-0.2, 0) is 4.79 Å². The minimum absolute atomic E-state index is 0.163. The van der Waals surface area contributed by atoms with Crippen molar-refractivity contribution in [2.24, 2.45) is 5.73 Å². The Kier molecular flexibility index (Phi) is 5.23. The van der Waals surface area contributed by atoms with Crippen molar-refractivity contribution in [1.29, 1.82) is 0 Å². The number of benzene rings is 1. The molecule has 3 N–H and O–H groups in total. The fourth-order valence-electron chi connectivity index (χ4n) is 2.25. The van der Waals surface area contributed by atoms with Crippen molar-refractivity contribution >= 4 is 50.8 Å². The zero-order valence-corrected chi connectivity index (χ0v) is 14.9. The van der Waals surface area contributed by atoms with Gasteiger partial charge in [0.1, 0.15) is 4.83 Å². The maximum Gasteiger partial charge on any atom is 0.260 e. The molecule has 0 saturated carbocycles. The summed E-state index contributed by atoms with van der Waals surface area (Å²) in [5, 5.41) is 3.72. The Balaban J connectivity index is 1.87. The monoisotopic (exact) mass is 379 g/mol. The molecule has 0 fully saturated rings. The number of hydrogen-bond donors (Lipinski definition) is 2. The lowest BCUT2D eigenvalue weighted by molar-refractivity contribution is -0.118. The van der Waals surface area contributed by atoms with Crippen LogP contribution in [0.5, 0.6) is 0 Å². The topological polar surface area (TPSA) is 88.8 Å². The van der Waals surface area contributed by atoms with Crippen LogP contribution in [0.1, 0.15) is 12.8 Å². The van der Waals surface area contributed by atoms with E-state index in [0.717, 1.165) is 11.1 Å². The maximum atomic E-state index is 12.5. The normalized spacial score (nSPS) is 11.0. The van der Waals surface area contributed by atoms with Gasteiger partial charge in [-0.15, -0.1) is 11.3 Å². The Hall–Kier alpha value is -1.83. The number of carbonyl (C=O) groups is 1. The fourth-order valence-corrected chi connectivity index (χ4v) is 4.19. The van der Waals surface area contributed by atoms with E-state index in [1.54, 1.807) is 12.1 Å². The number of rotatable bonds is 6. The standard InChI is InChI=1S/C16H14ClN3O2S2/c17-10-5-3-9(4-6-10)11-8-24-15-13(11)14(22)19-16(20-15)23-7-1-2-12(18)21/h3-6,8H,1-2,7H2,(H2,18,21)(H,19,20,22). The van der Waals surface area contributed by atoms with Gasteiger partial charge in [0, 0.05) is 28.1 Å². The minimum Gasteiger partial charge on any atom is -0.370 e. The van der Waals surface area contributed by atoms with E-state index in [2.05, 4.69) is 9.97 Å². The molecular formula is C16H14ClN3O2S2. The largest absolute Gasteiger partial charge is 0.370 e. The molecule has 0 unspecified atom stereocenters. The number of hydrogen-bond acceptors (Lipinski definition) is 5. The zero-order valence-electron chi connectivity index (χ0n) is 12.5. The van der Waals surface area contributed by atoms with Gasteiger partial charge in [-0.2, -0.15) is 0 Å². The number of nitrogens with two attached hydrogens (primary N) is 1. The zero-order chi connectivity index (χ0) is 17.1. The van der Waals surface area contributed by atoms with Crippen molar-refractivity contribution in [2.75, 3.05) is 5.75 Å². The maximum absolute atomic E-state index is 12.5. The molecule has 124 valence electrons. The molecule has 1 aromatic carbocycles. The summed E-state index contributed by atoms with van der Waals surface area (Å²) < 4.78 is 0. The molecule has 3 rings (SSSR count). The third kappa shape index (κ3) is 3.80. The predicted octanol–water partition coefficient (Wildman–Crippen LogP) is 3.66. The van der Waals surface area contributed by atoms with E-state index >= 15 is 0 Å². The summed E-state index contributed by atoms with van der Waals surface area (Å²) in [7, 11) is 0. The number of primary amides is 1. The van der Waals surface area contributed by atoms with Crippen molar-refractivity contribution in [1.82, 2.24) is 9.97 Å². The van der Waals surface area contributed by atoms with Gasteiger partial charge in [0.2, 0.25) is 5.91 Å². The molecule has 8 heteroatoms. The van der Waals surface area contributed by atoms with E-state index < -0.39 is 0 Å². The second kappa shape index (κ2) is 7.38. The smallest absolute Gasteiger partial charge is 0.260 e. The second-order valence-corrected chi connectivity index (χ2v) is 7.50. The van der Waals surface area contributed by atoms with Gasteiger partial charge in [0.15, 0.2) is 5.16 Å². The van der Waals surface area contributed by atoms with Crippen LogP contribution in [-0.4, -0.2) is 21.6 Å². The van der Waals surface area contributed by atoms with Gasteiger partial charge in [0.25, 0.3) is 5.56 Å². The number of halogens is 1. The van der Waals surface area contributed by atoms with Crippen LogP contribution in [0.3, 0.4) is 0 Å². The number of H-pyrrole nitrogens is 1. The first kappa shape index (κ1) is 17.0. The van der Waals surface area contributed by atoms with Gasteiger partial charge in [-0.25, -0.2) is 4.98 Å². The predicted molar refractivity (Wildman–Crippen MR) is 99.8 cm³/mol. The summed E-state index contributed by atoms with van der Waals surface area (Å²) in [5.74, 6) is 0.352. The van der Waals surface area contributed by atoms with Crippen LogP contribution in [0.4, 0.5) is 0 Å². The van der Waals surface area contributed by atoms with Gasteiger partial charge in [-0.05, 0) is 24.1 Å². The molecule has 24 heavy (non-hydrogen) atoms. The van der Waals surface area contributed by atoms with Crippen LogP contribution >= 0.6 is 34.7 Å². The number of nitrogens with one attached hydrogen (secondary N) is 1.